The highest BCUT2D eigenvalue weighted by atomic mass is 16.5. The second-order valence-corrected chi connectivity index (χ2v) is 6.57. The minimum atomic E-state index is -0.833. The summed E-state index contributed by atoms with van der Waals surface area (Å²) >= 11 is 0. The molecule has 1 aromatic rings. The number of carbonyl (C=O) groups excluding carboxylic acids is 2. The van der Waals surface area contributed by atoms with Crippen LogP contribution < -0.4 is 0 Å². The second-order valence-electron chi connectivity index (χ2n) is 6.57. The molecule has 3 aliphatic heterocycles. The molecule has 0 bridgehead atoms. The second kappa shape index (κ2) is 6.48. The molecule has 3 saturated heterocycles. The van der Waals surface area contributed by atoms with E-state index in [-0.39, 0.29) is 24.0 Å². The zero-order valence-electron chi connectivity index (χ0n) is 14.3. The molecule has 1 aromatic carbocycles. The SMILES string of the molecule is CC(=O)N1CC[C@@]23O[C@H](c4ccccc4)CN2C(=O)C[C@@H]13.CC(=O)O. The van der Waals surface area contributed by atoms with Gasteiger partial charge in [0.1, 0.15) is 6.10 Å². The van der Waals surface area contributed by atoms with Gasteiger partial charge in [0.05, 0.1) is 19.0 Å². The average Bonchev–Trinajstić information content (AvgIpc) is 3.16. The monoisotopic (exact) mass is 346 g/mol. The van der Waals surface area contributed by atoms with Crippen LogP contribution in [-0.4, -0.2) is 57.5 Å². The standard InChI is InChI=1S/C16H18N2O3.C2H4O2/c1-11(19)17-8-7-16-14(17)9-15(20)18(16)10-13(21-16)12-5-3-2-4-6-12;1-2(3)4/h2-6,13-14H,7-10H2,1H3;1H3,(H,3,4)/t13-,14+,16-;/m0./s1. The lowest BCUT2D eigenvalue weighted by Crippen LogP contribution is -2.48. The number of hydrogen-bond acceptors (Lipinski definition) is 4. The Morgan fingerprint density at radius 1 is 1.24 bits per heavy atom. The van der Waals surface area contributed by atoms with Crippen molar-refractivity contribution < 1.29 is 24.2 Å². The van der Waals surface area contributed by atoms with Gasteiger partial charge in [-0.1, -0.05) is 30.3 Å². The molecule has 0 unspecified atom stereocenters. The van der Waals surface area contributed by atoms with Gasteiger partial charge in [-0.25, -0.2) is 0 Å². The third kappa shape index (κ3) is 3.00. The van der Waals surface area contributed by atoms with Gasteiger partial charge in [-0.3, -0.25) is 14.4 Å². The summed E-state index contributed by atoms with van der Waals surface area (Å²) < 4.78 is 6.35. The van der Waals surface area contributed by atoms with Crippen LogP contribution >= 0.6 is 0 Å². The molecule has 7 heteroatoms. The van der Waals surface area contributed by atoms with Crippen LogP contribution in [0.1, 0.15) is 38.4 Å². The summed E-state index contributed by atoms with van der Waals surface area (Å²) in [6.07, 6.45) is 1.01. The summed E-state index contributed by atoms with van der Waals surface area (Å²) in [6.45, 7) is 3.91. The van der Waals surface area contributed by atoms with E-state index in [4.69, 9.17) is 14.6 Å². The molecule has 3 atom stereocenters. The lowest BCUT2D eigenvalue weighted by molar-refractivity contribution is -0.142. The quantitative estimate of drug-likeness (QED) is 0.830. The number of likely N-dealkylation sites (tertiary alicyclic amines) is 1. The lowest BCUT2D eigenvalue weighted by Gasteiger charge is -2.31. The zero-order valence-corrected chi connectivity index (χ0v) is 14.3. The van der Waals surface area contributed by atoms with E-state index in [0.717, 1.165) is 12.5 Å². The predicted molar refractivity (Wildman–Crippen MR) is 88.4 cm³/mol. The Morgan fingerprint density at radius 2 is 1.88 bits per heavy atom. The van der Waals surface area contributed by atoms with Crippen LogP contribution in [0.25, 0.3) is 0 Å². The number of benzene rings is 1. The van der Waals surface area contributed by atoms with E-state index in [0.29, 0.717) is 25.9 Å². The summed E-state index contributed by atoms with van der Waals surface area (Å²) in [5, 5.41) is 7.42. The first-order valence-electron chi connectivity index (χ1n) is 8.35. The Morgan fingerprint density at radius 3 is 2.48 bits per heavy atom. The topological polar surface area (TPSA) is 87.2 Å². The van der Waals surface area contributed by atoms with Gasteiger partial charge in [0, 0.05) is 26.8 Å². The Labute approximate surface area is 146 Å². The molecular weight excluding hydrogens is 324 g/mol. The highest BCUT2D eigenvalue weighted by Gasteiger charge is 2.64. The molecule has 4 rings (SSSR count). The molecule has 1 N–H and O–H groups in total. The smallest absolute Gasteiger partial charge is 0.300 e. The zero-order chi connectivity index (χ0) is 18.2. The van der Waals surface area contributed by atoms with Crippen molar-refractivity contribution >= 4 is 17.8 Å². The molecule has 0 saturated carbocycles. The fourth-order valence-electron chi connectivity index (χ4n) is 4.04. The summed E-state index contributed by atoms with van der Waals surface area (Å²) in [5.41, 5.74) is 0.498. The molecule has 1 spiro atoms. The molecule has 3 aliphatic rings. The number of nitrogens with zero attached hydrogens (tertiary/aromatic N) is 2. The van der Waals surface area contributed by atoms with Crippen LogP contribution in [0, 0.1) is 0 Å². The fraction of sp³-hybridized carbons (Fsp3) is 0.500. The molecule has 3 heterocycles. The maximum absolute atomic E-state index is 12.3. The van der Waals surface area contributed by atoms with Crippen molar-refractivity contribution in [1.82, 2.24) is 9.80 Å². The van der Waals surface area contributed by atoms with Crippen molar-refractivity contribution in [2.24, 2.45) is 0 Å². The van der Waals surface area contributed by atoms with Crippen molar-refractivity contribution in [2.75, 3.05) is 13.1 Å². The number of amides is 2. The Balaban J connectivity index is 0.000000415. The molecule has 7 nitrogen and oxygen atoms in total. The number of rotatable bonds is 1. The summed E-state index contributed by atoms with van der Waals surface area (Å²) in [7, 11) is 0. The van der Waals surface area contributed by atoms with E-state index >= 15 is 0 Å². The number of aliphatic carboxylic acids is 1. The Hall–Kier alpha value is -2.41. The number of hydrogen-bond donors (Lipinski definition) is 1. The minimum absolute atomic E-state index is 0.0262. The van der Waals surface area contributed by atoms with Crippen molar-refractivity contribution in [3.63, 3.8) is 0 Å². The highest BCUT2D eigenvalue weighted by Crippen LogP contribution is 2.50. The van der Waals surface area contributed by atoms with Crippen LogP contribution in [0.5, 0.6) is 0 Å². The molecule has 3 fully saturated rings. The van der Waals surface area contributed by atoms with Crippen LogP contribution in [0.2, 0.25) is 0 Å². The third-order valence-corrected chi connectivity index (χ3v) is 5.00. The van der Waals surface area contributed by atoms with Gasteiger partial charge in [0.25, 0.3) is 5.97 Å². The largest absolute Gasteiger partial charge is 0.481 e. The van der Waals surface area contributed by atoms with Gasteiger partial charge in [-0.2, -0.15) is 0 Å². The van der Waals surface area contributed by atoms with E-state index in [1.165, 1.54) is 0 Å². The first-order valence-corrected chi connectivity index (χ1v) is 8.35. The first-order chi connectivity index (χ1) is 11.8. The third-order valence-electron chi connectivity index (χ3n) is 5.00. The van der Waals surface area contributed by atoms with E-state index in [1.807, 2.05) is 35.2 Å². The fourth-order valence-corrected chi connectivity index (χ4v) is 4.04. The number of carboxylic acid groups (broad SMARTS) is 1. The summed E-state index contributed by atoms with van der Waals surface area (Å²) in [5.74, 6) is -0.706. The van der Waals surface area contributed by atoms with Crippen molar-refractivity contribution in [1.29, 1.82) is 0 Å². The van der Waals surface area contributed by atoms with Crippen LogP contribution in [0.15, 0.2) is 30.3 Å². The summed E-state index contributed by atoms with van der Waals surface area (Å²) in [6, 6.07) is 9.86. The molecule has 0 aliphatic carbocycles. The summed E-state index contributed by atoms with van der Waals surface area (Å²) in [4.78, 5) is 36.7. The van der Waals surface area contributed by atoms with Crippen LogP contribution in [-0.2, 0) is 19.1 Å². The van der Waals surface area contributed by atoms with Crippen LogP contribution in [0.3, 0.4) is 0 Å². The average molecular weight is 346 g/mol. The van der Waals surface area contributed by atoms with Gasteiger partial charge < -0.3 is 19.6 Å². The first kappa shape index (κ1) is 17.4. The number of ether oxygens (including phenoxy) is 1. The maximum Gasteiger partial charge on any atom is 0.300 e. The molecule has 0 aromatic heterocycles. The van der Waals surface area contributed by atoms with E-state index in [1.54, 1.807) is 11.8 Å². The van der Waals surface area contributed by atoms with Crippen LogP contribution in [0.4, 0.5) is 0 Å². The molecule has 134 valence electrons. The van der Waals surface area contributed by atoms with E-state index < -0.39 is 11.7 Å². The predicted octanol–water partition coefficient (Wildman–Crippen LogP) is 1.40. The van der Waals surface area contributed by atoms with E-state index in [2.05, 4.69) is 0 Å². The normalized spacial score (nSPS) is 29.8. The molecule has 25 heavy (non-hydrogen) atoms. The lowest BCUT2D eigenvalue weighted by atomic mass is 10.1. The molecular formula is C18H22N2O5. The van der Waals surface area contributed by atoms with Crippen molar-refractivity contribution in [2.45, 2.75) is 44.6 Å². The molecule has 2 amide bonds. The molecule has 0 radical (unpaired) electrons. The van der Waals surface area contributed by atoms with Gasteiger partial charge in [0.15, 0.2) is 5.72 Å². The van der Waals surface area contributed by atoms with Gasteiger partial charge in [-0.15, -0.1) is 0 Å². The van der Waals surface area contributed by atoms with Crippen molar-refractivity contribution in [3.8, 4) is 0 Å². The van der Waals surface area contributed by atoms with E-state index in [9.17, 15) is 9.59 Å². The Kier molecular flexibility index (Phi) is 4.51. The minimum Gasteiger partial charge on any atom is -0.481 e. The van der Waals surface area contributed by atoms with Crippen molar-refractivity contribution in [3.05, 3.63) is 35.9 Å². The number of carboxylic acids is 1. The van der Waals surface area contributed by atoms with Gasteiger partial charge >= 0.3 is 0 Å². The highest BCUT2D eigenvalue weighted by molar-refractivity contribution is 5.84. The maximum atomic E-state index is 12.3. The van der Waals surface area contributed by atoms with Gasteiger partial charge in [-0.05, 0) is 5.56 Å². The Bertz CT molecular complexity index is 688. The number of carbonyl (C=O) groups is 3. The van der Waals surface area contributed by atoms with Gasteiger partial charge in [0.2, 0.25) is 11.8 Å².